The standard InChI is InChI=1S/C20H13N5O3S/c21-7-8-24-12-14(16-3-1-2-4-17(16)24)11-22-23-20(26)19-10-13-9-15(25(27)28)5-6-18(13)29-19/h1-6,9-12H,8H2,(H,23,26)/b22-11-. The first-order valence-corrected chi connectivity index (χ1v) is 9.34. The molecule has 0 aliphatic carbocycles. The number of para-hydroxylation sites is 1. The summed E-state index contributed by atoms with van der Waals surface area (Å²) in [4.78, 5) is 23.2. The van der Waals surface area contributed by atoms with Crippen molar-refractivity contribution >= 4 is 50.1 Å². The number of aromatic nitrogens is 1. The molecule has 29 heavy (non-hydrogen) atoms. The maximum atomic E-state index is 12.4. The van der Waals surface area contributed by atoms with Crippen molar-refractivity contribution in [3.63, 3.8) is 0 Å². The monoisotopic (exact) mass is 403 g/mol. The molecule has 0 saturated carbocycles. The molecular weight excluding hydrogens is 390 g/mol. The van der Waals surface area contributed by atoms with Gasteiger partial charge >= 0.3 is 0 Å². The molecule has 2 aromatic carbocycles. The van der Waals surface area contributed by atoms with E-state index >= 15 is 0 Å². The van der Waals surface area contributed by atoms with Crippen LogP contribution in [-0.4, -0.2) is 21.6 Å². The lowest BCUT2D eigenvalue weighted by molar-refractivity contribution is -0.384. The second-order valence-electron chi connectivity index (χ2n) is 6.18. The molecule has 0 saturated heterocycles. The van der Waals surface area contributed by atoms with E-state index in [9.17, 15) is 14.9 Å². The van der Waals surface area contributed by atoms with E-state index in [2.05, 4.69) is 16.6 Å². The Morgan fingerprint density at radius 3 is 2.93 bits per heavy atom. The summed E-state index contributed by atoms with van der Waals surface area (Å²) in [6.45, 7) is 0.217. The van der Waals surface area contributed by atoms with Gasteiger partial charge in [-0.05, 0) is 18.2 Å². The van der Waals surface area contributed by atoms with Gasteiger partial charge in [-0.1, -0.05) is 18.2 Å². The zero-order valence-corrected chi connectivity index (χ0v) is 15.7. The predicted octanol–water partition coefficient (Wildman–Crippen LogP) is 4.05. The molecule has 0 unspecified atom stereocenters. The molecule has 4 rings (SSSR count). The number of nitro benzene ring substituents is 1. The highest BCUT2D eigenvalue weighted by atomic mass is 32.1. The molecular formula is C20H13N5O3S. The van der Waals surface area contributed by atoms with Crippen LogP contribution in [0, 0.1) is 21.4 Å². The average Bonchev–Trinajstić information content (AvgIpc) is 3.30. The summed E-state index contributed by atoms with van der Waals surface area (Å²) in [7, 11) is 0. The molecule has 2 heterocycles. The van der Waals surface area contributed by atoms with Crippen LogP contribution in [0.25, 0.3) is 21.0 Å². The molecule has 1 N–H and O–H groups in total. The molecule has 2 aromatic heterocycles. The van der Waals surface area contributed by atoms with E-state index < -0.39 is 10.8 Å². The Balaban J connectivity index is 1.55. The number of nitriles is 1. The minimum atomic E-state index is -0.468. The number of rotatable bonds is 5. The van der Waals surface area contributed by atoms with E-state index in [4.69, 9.17) is 5.26 Å². The Hall–Kier alpha value is -4.03. The number of fused-ring (bicyclic) bond motifs is 2. The summed E-state index contributed by atoms with van der Waals surface area (Å²) in [5.74, 6) is -0.397. The van der Waals surface area contributed by atoms with Crippen molar-refractivity contribution in [2.45, 2.75) is 6.54 Å². The molecule has 1 amide bonds. The fraction of sp³-hybridized carbons (Fsp3) is 0.0500. The molecule has 8 nitrogen and oxygen atoms in total. The third-order valence-electron chi connectivity index (χ3n) is 4.36. The van der Waals surface area contributed by atoms with Gasteiger partial charge in [-0.15, -0.1) is 11.3 Å². The molecule has 0 aliphatic rings. The molecule has 4 aromatic rings. The second-order valence-corrected chi connectivity index (χ2v) is 7.26. The smallest absolute Gasteiger partial charge is 0.281 e. The minimum Gasteiger partial charge on any atom is -0.333 e. The Labute approximate surface area is 168 Å². The number of thiophene rings is 1. The number of hydrogen-bond donors (Lipinski definition) is 1. The van der Waals surface area contributed by atoms with Gasteiger partial charge < -0.3 is 4.57 Å². The Bertz CT molecular complexity index is 1330. The highest BCUT2D eigenvalue weighted by molar-refractivity contribution is 7.20. The van der Waals surface area contributed by atoms with Gasteiger partial charge in [0.2, 0.25) is 0 Å². The van der Waals surface area contributed by atoms with Crippen molar-refractivity contribution in [3.8, 4) is 6.07 Å². The Morgan fingerprint density at radius 2 is 2.14 bits per heavy atom. The fourth-order valence-electron chi connectivity index (χ4n) is 3.06. The van der Waals surface area contributed by atoms with E-state index in [1.807, 2.05) is 35.0 Å². The number of amides is 1. The van der Waals surface area contributed by atoms with Crippen molar-refractivity contribution in [1.82, 2.24) is 9.99 Å². The maximum absolute atomic E-state index is 12.4. The number of hydrazone groups is 1. The molecule has 9 heteroatoms. The van der Waals surface area contributed by atoms with Crippen LogP contribution in [-0.2, 0) is 6.54 Å². The van der Waals surface area contributed by atoms with Crippen molar-refractivity contribution in [2.75, 3.05) is 0 Å². The van der Waals surface area contributed by atoms with Crippen molar-refractivity contribution in [1.29, 1.82) is 5.26 Å². The number of non-ortho nitro benzene ring substituents is 1. The first kappa shape index (κ1) is 18.3. The zero-order valence-electron chi connectivity index (χ0n) is 14.9. The summed E-state index contributed by atoms with van der Waals surface area (Å²) in [6, 6.07) is 15.8. The lowest BCUT2D eigenvalue weighted by Crippen LogP contribution is -2.16. The number of benzene rings is 2. The highest BCUT2D eigenvalue weighted by Gasteiger charge is 2.13. The Morgan fingerprint density at radius 1 is 1.31 bits per heavy atom. The largest absolute Gasteiger partial charge is 0.333 e. The first-order valence-electron chi connectivity index (χ1n) is 8.53. The van der Waals surface area contributed by atoms with Crippen LogP contribution in [0.3, 0.4) is 0 Å². The summed E-state index contributed by atoms with van der Waals surface area (Å²) in [6.07, 6.45) is 3.34. The van der Waals surface area contributed by atoms with Gasteiger partial charge in [-0.3, -0.25) is 14.9 Å². The quantitative estimate of drug-likeness (QED) is 0.307. The van der Waals surface area contributed by atoms with Crippen LogP contribution in [0.1, 0.15) is 15.2 Å². The second kappa shape index (κ2) is 7.53. The average molecular weight is 403 g/mol. The predicted molar refractivity (Wildman–Crippen MR) is 111 cm³/mol. The molecule has 0 atom stereocenters. The van der Waals surface area contributed by atoms with E-state index in [1.54, 1.807) is 12.1 Å². The first-order chi connectivity index (χ1) is 14.1. The van der Waals surface area contributed by atoms with Crippen LogP contribution < -0.4 is 5.43 Å². The van der Waals surface area contributed by atoms with E-state index in [1.165, 1.54) is 29.7 Å². The van der Waals surface area contributed by atoms with E-state index in [0.29, 0.717) is 10.3 Å². The topological polar surface area (TPSA) is 113 Å². The van der Waals surface area contributed by atoms with Gasteiger partial charge in [-0.25, -0.2) is 5.43 Å². The maximum Gasteiger partial charge on any atom is 0.281 e. The van der Waals surface area contributed by atoms with E-state index in [-0.39, 0.29) is 12.2 Å². The number of nitrogens with zero attached hydrogens (tertiary/aromatic N) is 4. The third-order valence-corrected chi connectivity index (χ3v) is 5.48. The summed E-state index contributed by atoms with van der Waals surface area (Å²) < 4.78 is 2.60. The van der Waals surface area contributed by atoms with Crippen LogP contribution in [0.4, 0.5) is 5.69 Å². The van der Waals surface area contributed by atoms with Crippen molar-refractivity contribution < 1.29 is 9.72 Å². The fourth-order valence-corrected chi connectivity index (χ4v) is 3.99. The SMILES string of the molecule is N#CCn1cc(/C=N\NC(=O)c2cc3cc([N+](=O)[O-])ccc3s2)c2ccccc21. The number of nitrogens with one attached hydrogen (secondary N) is 1. The molecule has 0 radical (unpaired) electrons. The van der Waals surface area contributed by atoms with Crippen molar-refractivity contribution in [3.05, 3.63) is 75.3 Å². The van der Waals surface area contributed by atoms with Crippen LogP contribution in [0.5, 0.6) is 0 Å². The number of carbonyl (C=O) groups is 1. The van der Waals surface area contributed by atoms with Crippen LogP contribution in [0.2, 0.25) is 0 Å². The zero-order chi connectivity index (χ0) is 20.4. The number of nitro groups is 1. The normalized spacial score (nSPS) is 11.1. The summed E-state index contributed by atoms with van der Waals surface area (Å²) >= 11 is 1.24. The van der Waals surface area contributed by atoms with Crippen LogP contribution >= 0.6 is 11.3 Å². The van der Waals surface area contributed by atoms with E-state index in [0.717, 1.165) is 21.2 Å². The van der Waals surface area contributed by atoms with Crippen molar-refractivity contribution in [2.24, 2.45) is 5.10 Å². The summed E-state index contributed by atoms with van der Waals surface area (Å²) in [5.41, 5.74) is 4.16. The molecule has 0 bridgehead atoms. The van der Waals surface area contributed by atoms with Gasteiger partial charge in [0, 0.05) is 44.9 Å². The van der Waals surface area contributed by atoms with Gasteiger partial charge in [0.15, 0.2) is 0 Å². The summed E-state index contributed by atoms with van der Waals surface area (Å²) in [5, 5.41) is 25.5. The molecule has 142 valence electrons. The number of carbonyl (C=O) groups excluding carboxylic acids is 1. The highest BCUT2D eigenvalue weighted by Crippen LogP contribution is 2.29. The van der Waals surface area contributed by atoms with Gasteiger partial charge in [0.05, 0.1) is 22.1 Å². The number of hydrogen-bond acceptors (Lipinski definition) is 6. The molecule has 0 spiro atoms. The molecule has 0 aliphatic heterocycles. The lowest BCUT2D eigenvalue weighted by atomic mass is 10.2. The van der Waals surface area contributed by atoms with Gasteiger partial charge in [-0.2, -0.15) is 10.4 Å². The van der Waals surface area contributed by atoms with Gasteiger partial charge in [0.25, 0.3) is 11.6 Å². The minimum absolute atomic E-state index is 0.0194. The molecule has 0 fully saturated rings. The van der Waals surface area contributed by atoms with Crippen LogP contribution in [0.15, 0.2) is 59.8 Å². The van der Waals surface area contributed by atoms with Gasteiger partial charge in [0.1, 0.15) is 6.54 Å². The third kappa shape index (κ3) is 3.56. The lowest BCUT2D eigenvalue weighted by Gasteiger charge is -1.96. The Kier molecular flexibility index (Phi) is 4.76.